The number of aliphatic hydroxyl groups excluding tert-OH is 5. The van der Waals surface area contributed by atoms with E-state index >= 15 is 0 Å². The summed E-state index contributed by atoms with van der Waals surface area (Å²) in [5, 5.41) is 70.8. The van der Waals surface area contributed by atoms with Crippen molar-refractivity contribution in [3.8, 4) is 0 Å². The Hall–Kier alpha value is -4.05. The number of hydrogen-bond acceptors (Lipinski definition) is 20. The van der Waals surface area contributed by atoms with Gasteiger partial charge in [0, 0.05) is 13.1 Å². The lowest BCUT2D eigenvalue weighted by atomic mass is 9.83. The molecular weight excluding hydrogens is 904 g/mol. The zero-order valence-corrected chi connectivity index (χ0v) is 41.8. The molecule has 0 aromatic heterocycles. The van der Waals surface area contributed by atoms with E-state index in [1.54, 1.807) is 104 Å². The van der Waals surface area contributed by atoms with Crippen molar-refractivity contribution in [1.82, 2.24) is 26.6 Å². The number of rotatable bonds is 11. The highest BCUT2D eigenvalue weighted by atomic mass is 16.7. The summed E-state index contributed by atoms with van der Waals surface area (Å²) in [5.41, 5.74) is 0.926. The van der Waals surface area contributed by atoms with Gasteiger partial charge in [0.25, 0.3) is 0 Å². The van der Waals surface area contributed by atoms with Crippen molar-refractivity contribution in [2.24, 2.45) is 5.73 Å². The molecule has 3 aliphatic rings. The van der Waals surface area contributed by atoms with Crippen LogP contribution in [0.5, 0.6) is 0 Å². The standard InChI is InChI=1S/C43H78N6O19/c1-39(2,3)64-34(55)45-18-22-26(51)27(52)24(49-38(59)68-43(13,14)15)32(61-22)62-30-19(46-35(56)65-40(4,5)6)16-20(47-36(57)66-41(7,8)9)31(29(30)54)63-33-28(53)23(25(50)21(17-44)60-33)48-37(58)67-42(10,11)12/h19-33,50-54H,16-18,44H2,1-15H3,(H,45,55)(H,46,56)(H,47,57)(H,48,58)(H,49,59). The van der Waals surface area contributed by atoms with E-state index in [1.165, 1.54) is 0 Å². The van der Waals surface area contributed by atoms with Gasteiger partial charge in [-0.2, -0.15) is 0 Å². The number of amides is 5. The fourth-order valence-corrected chi connectivity index (χ4v) is 7.23. The maximum atomic E-state index is 13.5. The minimum Gasteiger partial charge on any atom is -0.444 e. The summed E-state index contributed by atoms with van der Waals surface area (Å²) in [6, 6.07) is -5.93. The average Bonchev–Trinajstić information content (AvgIpc) is 3.12. The highest BCUT2D eigenvalue weighted by Crippen LogP contribution is 2.34. The molecule has 0 bridgehead atoms. The molecule has 15 atom stereocenters. The summed E-state index contributed by atoms with van der Waals surface area (Å²) in [6.45, 7) is 23.2. The number of carbonyl (C=O) groups excluding carboxylic acids is 5. The van der Waals surface area contributed by atoms with Crippen LogP contribution in [0.1, 0.15) is 110 Å². The molecule has 25 nitrogen and oxygen atoms in total. The number of alkyl carbamates (subject to hydrolysis) is 5. The molecule has 0 aromatic carbocycles. The van der Waals surface area contributed by atoms with Crippen LogP contribution in [0.25, 0.3) is 0 Å². The second kappa shape index (κ2) is 22.8. The second-order valence-corrected chi connectivity index (χ2v) is 21.9. The van der Waals surface area contributed by atoms with Crippen molar-refractivity contribution < 1.29 is 92.1 Å². The normalized spacial score (nSPS) is 32.7. The Bertz CT molecular complexity index is 1710. The Balaban J connectivity index is 2.17. The van der Waals surface area contributed by atoms with Crippen LogP contribution in [0.15, 0.2) is 0 Å². The van der Waals surface area contributed by atoms with Crippen LogP contribution in [0.4, 0.5) is 24.0 Å². The van der Waals surface area contributed by atoms with Crippen molar-refractivity contribution >= 4 is 30.5 Å². The van der Waals surface area contributed by atoms with Crippen LogP contribution in [-0.2, 0) is 42.6 Å². The molecule has 3 fully saturated rings. The van der Waals surface area contributed by atoms with Gasteiger partial charge in [0.15, 0.2) is 12.6 Å². The molecule has 394 valence electrons. The van der Waals surface area contributed by atoms with Crippen molar-refractivity contribution in [1.29, 1.82) is 0 Å². The van der Waals surface area contributed by atoms with Crippen LogP contribution in [-0.4, -0.2) is 189 Å². The van der Waals surface area contributed by atoms with E-state index in [4.69, 9.17) is 48.4 Å². The van der Waals surface area contributed by atoms with Crippen LogP contribution >= 0.6 is 0 Å². The minimum atomic E-state index is -2.02. The Kier molecular flexibility index (Phi) is 19.5. The monoisotopic (exact) mass is 983 g/mol. The summed E-state index contributed by atoms with van der Waals surface area (Å²) >= 11 is 0. The van der Waals surface area contributed by atoms with Crippen molar-refractivity contribution in [3.63, 3.8) is 0 Å². The smallest absolute Gasteiger partial charge is 0.408 e. The molecular formula is C43H78N6O19. The zero-order valence-electron chi connectivity index (χ0n) is 41.8. The van der Waals surface area contributed by atoms with Gasteiger partial charge < -0.3 is 100 Å². The van der Waals surface area contributed by atoms with Gasteiger partial charge in [-0.1, -0.05) is 0 Å². The SMILES string of the molecule is CC(C)(C)OC(=O)NCC1OC(OC2C(NC(=O)OC(C)(C)C)CC(NC(=O)OC(C)(C)C)C(OC3OC(CN)C(O)C(NC(=O)OC(C)(C)C)C3O)C2O)C(NC(=O)OC(C)(C)C)C(O)C1O. The molecule has 1 aliphatic carbocycles. The highest BCUT2D eigenvalue weighted by Gasteiger charge is 2.55. The van der Waals surface area contributed by atoms with Gasteiger partial charge in [0.2, 0.25) is 0 Å². The number of nitrogens with two attached hydrogens (primary N) is 1. The van der Waals surface area contributed by atoms with Gasteiger partial charge in [0.05, 0.1) is 18.1 Å². The lowest BCUT2D eigenvalue weighted by molar-refractivity contribution is -0.319. The summed E-state index contributed by atoms with van der Waals surface area (Å²) in [4.78, 5) is 65.8. The minimum absolute atomic E-state index is 0.357. The summed E-state index contributed by atoms with van der Waals surface area (Å²) in [7, 11) is 0. The number of nitrogens with one attached hydrogen (secondary N) is 5. The van der Waals surface area contributed by atoms with Crippen LogP contribution in [0.3, 0.4) is 0 Å². The quantitative estimate of drug-likeness (QED) is 0.125. The summed E-state index contributed by atoms with van der Waals surface area (Å²) in [5.74, 6) is 0. The molecule has 25 heteroatoms. The zero-order chi connectivity index (χ0) is 52.1. The van der Waals surface area contributed by atoms with E-state index in [0.29, 0.717) is 0 Å². The van der Waals surface area contributed by atoms with Crippen LogP contribution < -0.4 is 32.3 Å². The molecule has 1 saturated carbocycles. The van der Waals surface area contributed by atoms with Gasteiger partial charge in [-0.05, 0) is 110 Å². The molecule has 2 saturated heterocycles. The second-order valence-electron chi connectivity index (χ2n) is 21.9. The molecule has 0 radical (unpaired) electrons. The maximum absolute atomic E-state index is 13.5. The van der Waals surface area contributed by atoms with Crippen molar-refractivity contribution in [2.75, 3.05) is 13.1 Å². The van der Waals surface area contributed by atoms with E-state index in [2.05, 4.69) is 26.6 Å². The number of carbonyl (C=O) groups is 5. The third-order valence-electron chi connectivity index (χ3n) is 9.81. The van der Waals surface area contributed by atoms with Crippen molar-refractivity contribution in [3.05, 3.63) is 0 Å². The molecule has 15 unspecified atom stereocenters. The average molecular weight is 983 g/mol. The first kappa shape index (κ1) is 58.3. The Morgan fingerprint density at radius 2 is 0.838 bits per heavy atom. The third kappa shape index (κ3) is 18.4. The van der Waals surface area contributed by atoms with E-state index in [1.807, 2.05) is 0 Å². The topological polar surface area (TPSA) is 356 Å². The van der Waals surface area contributed by atoms with Crippen LogP contribution in [0.2, 0.25) is 0 Å². The fraction of sp³-hybridized carbons (Fsp3) is 0.884. The number of ether oxygens (including phenoxy) is 9. The first-order chi connectivity index (χ1) is 30.9. The molecule has 5 amide bonds. The molecule has 0 spiro atoms. The Morgan fingerprint density at radius 1 is 0.471 bits per heavy atom. The molecule has 3 rings (SSSR count). The number of hydrogen-bond donors (Lipinski definition) is 11. The first-order valence-corrected chi connectivity index (χ1v) is 22.5. The largest absolute Gasteiger partial charge is 0.444 e. The third-order valence-corrected chi connectivity index (χ3v) is 9.81. The van der Waals surface area contributed by atoms with E-state index < -0.39 is 157 Å². The molecule has 68 heavy (non-hydrogen) atoms. The van der Waals surface area contributed by atoms with Gasteiger partial charge in [-0.3, -0.25) is 0 Å². The van der Waals surface area contributed by atoms with Gasteiger partial charge in [-0.15, -0.1) is 0 Å². The van der Waals surface area contributed by atoms with E-state index in [9.17, 15) is 49.5 Å². The fourth-order valence-electron chi connectivity index (χ4n) is 7.23. The van der Waals surface area contributed by atoms with E-state index in [0.717, 1.165) is 0 Å². The van der Waals surface area contributed by atoms with Gasteiger partial charge in [0.1, 0.15) is 89.0 Å². The Labute approximate surface area is 397 Å². The van der Waals surface area contributed by atoms with Gasteiger partial charge >= 0.3 is 30.5 Å². The van der Waals surface area contributed by atoms with Crippen molar-refractivity contribution in [2.45, 2.75) is 230 Å². The Morgan fingerprint density at radius 3 is 1.25 bits per heavy atom. The molecule has 0 aromatic rings. The van der Waals surface area contributed by atoms with Gasteiger partial charge in [-0.25, -0.2) is 24.0 Å². The summed E-state index contributed by atoms with van der Waals surface area (Å²) in [6.07, 6.45) is -24.5. The first-order valence-electron chi connectivity index (χ1n) is 22.5. The number of aliphatic hydroxyl groups is 5. The predicted octanol–water partition coefficient (Wildman–Crippen LogP) is 0.471. The lowest BCUT2D eigenvalue weighted by Gasteiger charge is -2.50. The van der Waals surface area contributed by atoms with E-state index in [-0.39, 0.29) is 13.0 Å². The summed E-state index contributed by atoms with van der Waals surface area (Å²) < 4.78 is 51.9. The molecule has 12 N–H and O–H groups in total. The lowest BCUT2D eigenvalue weighted by Crippen LogP contribution is -2.71. The molecule has 2 heterocycles. The maximum Gasteiger partial charge on any atom is 0.408 e. The predicted molar refractivity (Wildman–Crippen MR) is 238 cm³/mol. The molecule has 2 aliphatic heterocycles. The van der Waals surface area contributed by atoms with Crippen LogP contribution in [0, 0.1) is 0 Å². The highest BCUT2D eigenvalue weighted by molar-refractivity contribution is 5.70.